The molecule has 1 atom stereocenters. The molecule has 0 bridgehead atoms. The standard InChI is InChI=1S/C18H28ClN3O2S/c1-20-18(21-8-12-25-17-5-3-16(19)4-6-17)22-9-7-15(13-22)14-24-11-10-23-2/h3-6,15H,7-14H2,1-2H3,(H,20,21). The highest BCUT2D eigenvalue weighted by Crippen LogP contribution is 2.20. The van der Waals surface area contributed by atoms with Crippen molar-refractivity contribution in [3.63, 3.8) is 0 Å². The van der Waals surface area contributed by atoms with E-state index in [-0.39, 0.29) is 0 Å². The predicted molar refractivity (Wildman–Crippen MR) is 106 cm³/mol. The molecule has 0 aromatic heterocycles. The minimum Gasteiger partial charge on any atom is -0.382 e. The number of methoxy groups -OCH3 is 1. The van der Waals surface area contributed by atoms with E-state index in [1.54, 1.807) is 7.11 Å². The third-order valence-electron chi connectivity index (χ3n) is 4.05. The Morgan fingerprint density at radius 2 is 2.16 bits per heavy atom. The zero-order valence-corrected chi connectivity index (χ0v) is 16.6. The Labute approximate surface area is 160 Å². The predicted octanol–water partition coefficient (Wildman–Crippen LogP) is 2.99. The van der Waals surface area contributed by atoms with Crippen molar-refractivity contribution < 1.29 is 9.47 Å². The summed E-state index contributed by atoms with van der Waals surface area (Å²) >= 11 is 7.72. The SMILES string of the molecule is CN=C(NCCSc1ccc(Cl)cc1)N1CCC(COCCOC)C1. The summed E-state index contributed by atoms with van der Waals surface area (Å²) in [7, 11) is 3.54. The van der Waals surface area contributed by atoms with E-state index in [9.17, 15) is 0 Å². The molecular weight excluding hydrogens is 358 g/mol. The molecular formula is C18H28ClN3O2S. The summed E-state index contributed by atoms with van der Waals surface area (Å²) in [6.07, 6.45) is 1.15. The summed E-state index contributed by atoms with van der Waals surface area (Å²) in [5, 5.41) is 4.23. The zero-order chi connectivity index (χ0) is 17.9. The van der Waals surface area contributed by atoms with Gasteiger partial charge in [0.1, 0.15) is 0 Å². The second-order valence-corrected chi connectivity index (χ2v) is 7.55. The van der Waals surface area contributed by atoms with Crippen LogP contribution in [0.1, 0.15) is 6.42 Å². The van der Waals surface area contributed by atoms with E-state index in [4.69, 9.17) is 21.1 Å². The molecule has 1 aliphatic rings. The van der Waals surface area contributed by atoms with E-state index in [2.05, 4.69) is 27.3 Å². The van der Waals surface area contributed by atoms with Gasteiger partial charge in [-0.2, -0.15) is 0 Å². The van der Waals surface area contributed by atoms with Crippen LogP contribution >= 0.6 is 23.4 Å². The number of aliphatic imine (C=N–C) groups is 1. The van der Waals surface area contributed by atoms with Crippen LogP contribution in [0.2, 0.25) is 5.02 Å². The third kappa shape index (κ3) is 7.44. The van der Waals surface area contributed by atoms with Gasteiger partial charge in [0.2, 0.25) is 0 Å². The molecule has 0 amide bonds. The molecule has 2 rings (SSSR count). The number of likely N-dealkylation sites (tertiary alicyclic amines) is 1. The largest absolute Gasteiger partial charge is 0.382 e. The van der Waals surface area contributed by atoms with Gasteiger partial charge in [-0.05, 0) is 30.7 Å². The van der Waals surface area contributed by atoms with Crippen LogP contribution in [0.15, 0.2) is 34.2 Å². The maximum atomic E-state index is 5.91. The maximum Gasteiger partial charge on any atom is 0.193 e. The summed E-state index contributed by atoms with van der Waals surface area (Å²) in [4.78, 5) is 7.96. The molecule has 1 aromatic carbocycles. The van der Waals surface area contributed by atoms with Gasteiger partial charge in [-0.25, -0.2) is 0 Å². The van der Waals surface area contributed by atoms with E-state index >= 15 is 0 Å². The number of halogens is 1. The van der Waals surface area contributed by atoms with E-state index in [1.807, 2.05) is 30.9 Å². The Bertz CT molecular complexity index is 528. The molecule has 0 saturated carbocycles. The van der Waals surface area contributed by atoms with Crippen molar-refractivity contribution in [1.82, 2.24) is 10.2 Å². The molecule has 0 radical (unpaired) electrons. The fourth-order valence-corrected chi connectivity index (χ4v) is 3.64. The molecule has 1 aliphatic heterocycles. The van der Waals surface area contributed by atoms with Crippen LogP contribution in [-0.4, -0.2) is 70.2 Å². The van der Waals surface area contributed by atoms with Gasteiger partial charge in [-0.1, -0.05) is 11.6 Å². The van der Waals surface area contributed by atoms with Gasteiger partial charge < -0.3 is 19.7 Å². The molecule has 7 heteroatoms. The second-order valence-electron chi connectivity index (χ2n) is 5.94. The molecule has 0 aliphatic carbocycles. The van der Waals surface area contributed by atoms with Crippen LogP contribution in [0, 0.1) is 5.92 Å². The average molecular weight is 386 g/mol. The molecule has 0 spiro atoms. The van der Waals surface area contributed by atoms with Gasteiger partial charge in [0.05, 0.1) is 19.8 Å². The van der Waals surface area contributed by atoms with Crippen LogP contribution in [0.25, 0.3) is 0 Å². The highest BCUT2D eigenvalue weighted by molar-refractivity contribution is 7.99. The van der Waals surface area contributed by atoms with Crippen LogP contribution in [-0.2, 0) is 9.47 Å². The number of guanidine groups is 1. The third-order valence-corrected chi connectivity index (χ3v) is 5.32. The van der Waals surface area contributed by atoms with E-state index < -0.39 is 0 Å². The fourth-order valence-electron chi connectivity index (χ4n) is 2.75. The highest BCUT2D eigenvalue weighted by Gasteiger charge is 2.24. The quantitative estimate of drug-likeness (QED) is 0.306. The van der Waals surface area contributed by atoms with Crippen molar-refractivity contribution >= 4 is 29.3 Å². The molecule has 1 saturated heterocycles. The number of hydrogen-bond donors (Lipinski definition) is 1. The van der Waals surface area contributed by atoms with E-state index in [1.165, 1.54) is 4.90 Å². The number of ether oxygens (including phenoxy) is 2. The number of hydrogen-bond acceptors (Lipinski definition) is 4. The van der Waals surface area contributed by atoms with Gasteiger partial charge in [-0.15, -0.1) is 11.8 Å². The van der Waals surface area contributed by atoms with E-state index in [0.717, 1.165) is 49.4 Å². The molecule has 1 fully saturated rings. The van der Waals surface area contributed by atoms with Gasteiger partial charge in [0, 0.05) is 55.4 Å². The molecule has 1 heterocycles. The van der Waals surface area contributed by atoms with Crippen molar-refractivity contribution in [3.05, 3.63) is 29.3 Å². The second kappa shape index (κ2) is 11.6. The number of benzene rings is 1. The van der Waals surface area contributed by atoms with Crippen molar-refractivity contribution in [3.8, 4) is 0 Å². The lowest BCUT2D eigenvalue weighted by Crippen LogP contribution is -2.41. The minimum absolute atomic E-state index is 0.568. The van der Waals surface area contributed by atoms with Crippen LogP contribution in [0.4, 0.5) is 0 Å². The Hall–Kier alpha value is -0.950. The monoisotopic (exact) mass is 385 g/mol. The molecule has 140 valence electrons. The first-order chi connectivity index (χ1) is 12.2. The average Bonchev–Trinajstić information content (AvgIpc) is 3.09. The minimum atomic E-state index is 0.568. The van der Waals surface area contributed by atoms with Crippen LogP contribution in [0.3, 0.4) is 0 Å². The first-order valence-electron chi connectivity index (χ1n) is 8.63. The molecule has 1 unspecified atom stereocenters. The first-order valence-corrected chi connectivity index (χ1v) is 10.00. The van der Waals surface area contributed by atoms with Crippen molar-refractivity contribution in [2.24, 2.45) is 10.9 Å². The number of rotatable bonds is 9. The fraction of sp³-hybridized carbons (Fsp3) is 0.611. The zero-order valence-electron chi connectivity index (χ0n) is 15.0. The van der Waals surface area contributed by atoms with Gasteiger partial charge in [0.15, 0.2) is 5.96 Å². The lowest BCUT2D eigenvalue weighted by atomic mass is 10.1. The van der Waals surface area contributed by atoms with E-state index in [0.29, 0.717) is 19.1 Å². The lowest BCUT2D eigenvalue weighted by molar-refractivity contribution is 0.0536. The summed E-state index contributed by atoms with van der Waals surface area (Å²) in [5.74, 6) is 2.54. The Kier molecular flexibility index (Phi) is 9.47. The number of nitrogens with zero attached hydrogens (tertiary/aromatic N) is 2. The smallest absolute Gasteiger partial charge is 0.193 e. The summed E-state index contributed by atoms with van der Waals surface area (Å²) < 4.78 is 10.7. The van der Waals surface area contributed by atoms with Crippen molar-refractivity contribution in [2.75, 3.05) is 59.4 Å². The van der Waals surface area contributed by atoms with Crippen LogP contribution < -0.4 is 5.32 Å². The normalized spacial score (nSPS) is 18.0. The Morgan fingerprint density at radius 1 is 1.36 bits per heavy atom. The van der Waals surface area contributed by atoms with Gasteiger partial charge >= 0.3 is 0 Å². The van der Waals surface area contributed by atoms with Crippen molar-refractivity contribution in [2.45, 2.75) is 11.3 Å². The molecule has 1 N–H and O–H groups in total. The molecule has 5 nitrogen and oxygen atoms in total. The lowest BCUT2D eigenvalue weighted by Gasteiger charge is -2.21. The molecule has 25 heavy (non-hydrogen) atoms. The Balaban J connectivity index is 1.64. The summed E-state index contributed by atoms with van der Waals surface area (Å²) in [6.45, 7) is 5.03. The highest BCUT2D eigenvalue weighted by atomic mass is 35.5. The van der Waals surface area contributed by atoms with Crippen LogP contribution in [0.5, 0.6) is 0 Å². The van der Waals surface area contributed by atoms with Gasteiger partial charge in [-0.3, -0.25) is 4.99 Å². The number of nitrogens with one attached hydrogen (secondary N) is 1. The maximum absolute atomic E-state index is 5.91. The Morgan fingerprint density at radius 3 is 2.88 bits per heavy atom. The summed E-state index contributed by atoms with van der Waals surface area (Å²) in [5.41, 5.74) is 0. The van der Waals surface area contributed by atoms with Gasteiger partial charge in [0.25, 0.3) is 0 Å². The first kappa shape index (κ1) is 20.4. The molecule has 1 aromatic rings. The number of thioether (sulfide) groups is 1. The summed E-state index contributed by atoms with van der Waals surface area (Å²) in [6, 6.07) is 7.96. The van der Waals surface area contributed by atoms with Crippen molar-refractivity contribution in [1.29, 1.82) is 0 Å². The topological polar surface area (TPSA) is 46.1 Å².